The lowest BCUT2D eigenvalue weighted by Gasteiger charge is -2.45. The third-order valence-corrected chi connectivity index (χ3v) is 5.38. The van der Waals surface area contributed by atoms with E-state index in [2.05, 4.69) is 17.3 Å². The quantitative estimate of drug-likeness (QED) is 0.814. The minimum Gasteiger partial charge on any atom is -0.480 e. The minimum absolute atomic E-state index is 0.419. The molecular formula is C16H30N2O2. The summed E-state index contributed by atoms with van der Waals surface area (Å²) in [5.41, 5.74) is -0.694. The summed E-state index contributed by atoms with van der Waals surface area (Å²) < 4.78 is 0. The van der Waals surface area contributed by atoms with Crippen LogP contribution in [0.5, 0.6) is 0 Å². The van der Waals surface area contributed by atoms with E-state index in [1.165, 1.54) is 32.1 Å². The number of nitrogens with zero attached hydrogens (tertiary/aromatic N) is 1. The van der Waals surface area contributed by atoms with E-state index >= 15 is 0 Å². The maximum atomic E-state index is 11.7. The molecule has 0 heterocycles. The van der Waals surface area contributed by atoms with E-state index in [0.717, 1.165) is 32.2 Å². The molecule has 0 bridgehead atoms. The molecule has 0 aromatic heterocycles. The minimum atomic E-state index is -0.694. The molecule has 0 amide bonds. The molecule has 2 rings (SSSR count). The predicted molar refractivity (Wildman–Crippen MR) is 80.9 cm³/mol. The van der Waals surface area contributed by atoms with E-state index in [0.29, 0.717) is 12.1 Å². The number of hydrogen-bond acceptors (Lipinski definition) is 3. The fraction of sp³-hybridized carbons (Fsp3) is 0.938. The molecule has 2 aliphatic carbocycles. The number of carbonyl (C=O) groups is 1. The molecule has 2 saturated carbocycles. The summed E-state index contributed by atoms with van der Waals surface area (Å²) in [6.07, 6.45) is 10.3. The van der Waals surface area contributed by atoms with Crippen molar-refractivity contribution in [1.29, 1.82) is 0 Å². The molecule has 0 aromatic rings. The van der Waals surface area contributed by atoms with Crippen LogP contribution in [0.4, 0.5) is 0 Å². The van der Waals surface area contributed by atoms with Crippen LogP contribution in [-0.2, 0) is 4.79 Å². The van der Waals surface area contributed by atoms with Crippen LogP contribution in [0.15, 0.2) is 0 Å². The molecule has 2 fully saturated rings. The van der Waals surface area contributed by atoms with Gasteiger partial charge in [0.25, 0.3) is 0 Å². The largest absolute Gasteiger partial charge is 0.480 e. The number of nitrogens with one attached hydrogen (secondary N) is 1. The lowest BCUT2D eigenvalue weighted by Crippen LogP contribution is -2.58. The van der Waals surface area contributed by atoms with Gasteiger partial charge in [0.2, 0.25) is 0 Å². The molecule has 116 valence electrons. The van der Waals surface area contributed by atoms with E-state index in [1.54, 1.807) is 0 Å². The summed E-state index contributed by atoms with van der Waals surface area (Å²) in [6, 6.07) is 1.09. The molecule has 0 radical (unpaired) electrons. The van der Waals surface area contributed by atoms with Crippen molar-refractivity contribution in [2.45, 2.75) is 82.3 Å². The summed E-state index contributed by atoms with van der Waals surface area (Å²) in [5, 5.41) is 12.9. The Morgan fingerprint density at radius 2 is 1.85 bits per heavy atom. The van der Waals surface area contributed by atoms with Crippen molar-refractivity contribution >= 4 is 5.97 Å². The molecule has 2 atom stereocenters. The van der Waals surface area contributed by atoms with Crippen molar-refractivity contribution in [3.05, 3.63) is 0 Å². The first-order valence-electron chi connectivity index (χ1n) is 8.29. The van der Waals surface area contributed by atoms with Crippen molar-refractivity contribution in [1.82, 2.24) is 10.2 Å². The fourth-order valence-electron chi connectivity index (χ4n) is 4.15. The second-order valence-corrected chi connectivity index (χ2v) is 6.63. The molecule has 0 spiro atoms. The SMILES string of the molecule is CCNC1(C(=O)O)CCCC(N(C)C2CCCCC2)C1. The maximum absolute atomic E-state index is 11.7. The van der Waals surface area contributed by atoms with Crippen molar-refractivity contribution in [2.24, 2.45) is 0 Å². The molecule has 2 N–H and O–H groups in total. The summed E-state index contributed by atoms with van der Waals surface area (Å²) in [5.74, 6) is -0.666. The number of hydrogen-bond donors (Lipinski definition) is 2. The normalized spacial score (nSPS) is 32.5. The Labute approximate surface area is 122 Å². The van der Waals surface area contributed by atoms with Crippen molar-refractivity contribution < 1.29 is 9.90 Å². The van der Waals surface area contributed by atoms with Gasteiger partial charge in [-0.15, -0.1) is 0 Å². The van der Waals surface area contributed by atoms with Crippen LogP contribution in [0, 0.1) is 0 Å². The van der Waals surface area contributed by atoms with Gasteiger partial charge in [0, 0.05) is 12.1 Å². The predicted octanol–water partition coefficient (Wildman–Crippen LogP) is 2.63. The van der Waals surface area contributed by atoms with Gasteiger partial charge in [0.1, 0.15) is 5.54 Å². The van der Waals surface area contributed by atoms with Crippen molar-refractivity contribution in [3.8, 4) is 0 Å². The molecule has 0 saturated heterocycles. The molecular weight excluding hydrogens is 252 g/mol. The number of carboxylic acid groups (broad SMARTS) is 1. The highest BCUT2D eigenvalue weighted by Crippen LogP contribution is 2.34. The Morgan fingerprint density at radius 1 is 1.20 bits per heavy atom. The molecule has 20 heavy (non-hydrogen) atoms. The van der Waals surface area contributed by atoms with Crippen molar-refractivity contribution in [3.63, 3.8) is 0 Å². The van der Waals surface area contributed by atoms with Gasteiger partial charge in [-0.2, -0.15) is 0 Å². The zero-order chi connectivity index (χ0) is 14.6. The highest BCUT2D eigenvalue weighted by atomic mass is 16.4. The van der Waals surface area contributed by atoms with E-state index in [9.17, 15) is 9.90 Å². The molecule has 4 nitrogen and oxygen atoms in total. The third kappa shape index (κ3) is 3.34. The van der Waals surface area contributed by atoms with E-state index in [1.807, 2.05) is 6.92 Å². The average Bonchev–Trinajstić information content (AvgIpc) is 2.48. The highest BCUT2D eigenvalue weighted by Gasteiger charge is 2.44. The Balaban J connectivity index is 2.02. The first-order chi connectivity index (χ1) is 9.59. The summed E-state index contributed by atoms with van der Waals surface area (Å²) in [7, 11) is 2.21. The van der Waals surface area contributed by atoms with Gasteiger partial charge in [-0.05, 0) is 52.1 Å². The number of likely N-dealkylation sites (N-methyl/N-ethyl adjacent to an activating group) is 1. The van der Waals surface area contributed by atoms with Gasteiger partial charge in [0.05, 0.1) is 0 Å². The Kier molecular flexibility index (Phi) is 5.44. The third-order valence-electron chi connectivity index (χ3n) is 5.38. The Hall–Kier alpha value is -0.610. The van der Waals surface area contributed by atoms with Gasteiger partial charge < -0.3 is 15.3 Å². The molecule has 0 aliphatic heterocycles. The number of rotatable bonds is 5. The van der Waals surface area contributed by atoms with Gasteiger partial charge in [-0.3, -0.25) is 4.79 Å². The first-order valence-corrected chi connectivity index (χ1v) is 8.29. The van der Waals surface area contributed by atoms with Crippen LogP contribution in [0.1, 0.15) is 64.7 Å². The molecule has 2 aliphatic rings. The van der Waals surface area contributed by atoms with E-state index in [-0.39, 0.29) is 0 Å². The lowest BCUT2D eigenvalue weighted by molar-refractivity contribution is -0.147. The van der Waals surface area contributed by atoms with Gasteiger partial charge in [-0.1, -0.05) is 26.2 Å². The van der Waals surface area contributed by atoms with E-state index < -0.39 is 11.5 Å². The maximum Gasteiger partial charge on any atom is 0.323 e. The Bertz CT molecular complexity index is 324. The first kappa shape index (κ1) is 15.8. The van der Waals surface area contributed by atoms with E-state index in [4.69, 9.17) is 0 Å². The summed E-state index contributed by atoms with van der Waals surface area (Å²) in [6.45, 7) is 2.73. The zero-order valence-electron chi connectivity index (χ0n) is 13.0. The van der Waals surface area contributed by atoms with Crippen LogP contribution >= 0.6 is 0 Å². The molecule has 0 aromatic carbocycles. The van der Waals surface area contributed by atoms with Crippen LogP contribution in [0.25, 0.3) is 0 Å². The van der Waals surface area contributed by atoms with Crippen LogP contribution in [0.3, 0.4) is 0 Å². The highest BCUT2D eigenvalue weighted by molar-refractivity contribution is 5.79. The van der Waals surface area contributed by atoms with Crippen molar-refractivity contribution in [2.75, 3.05) is 13.6 Å². The molecule has 2 unspecified atom stereocenters. The van der Waals surface area contributed by atoms with Crippen LogP contribution in [-0.4, -0.2) is 47.2 Å². The fourth-order valence-corrected chi connectivity index (χ4v) is 4.15. The average molecular weight is 282 g/mol. The van der Waals surface area contributed by atoms with Gasteiger partial charge in [-0.25, -0.2) is 0 Å². The zero-order valence-corrected chi connectivity index (χ0v) is 13.0. The monoisotopic (exact) mass is 282 g/mol. The summed E-state index contributed by atoms with van der Waals surface area (Å²) in [4.78, 5) is 14.2. The smallest absolute Gasteiger partial charge is 0.323 e. The second-order valence-electron chi connectivity index (χ2n) is 6.63. The lowest BCUT2D eigenvalue weighted by atomic mass is 9.77. The van der Waals surface area contributed by atoms with Crippen LogP contribution in [0.2, 0.25) is 0 Å². The molecule has 4 heteroatoms. The topological polar surface area (TPSA) is 52.6 Å². The standard InChI is InChI=1S/C16H30N2O2/c1-3-17-16(15(19)20)11-7-10-14(12-16)18(2)13-8-5-4-6-9-13/h13-14,17H,3-12H2,1-2H3,(H,19,20). The Morgan fingerprint density at radius 3 is 2.45 bits per heavy atom. The number of aliphatic carboxylic acids is 1. The summed E-state index contributed by atoms with van der Waals surface area (Å²) >= 11 is 0. The number of carboxylic acids is 1. The second kappa shape index (κ2) is 6.90. The van der Waals surface area contributed by atoms with Gasteiger partial charge >= 0.3 is 5.97 Å². The van der Waals surface area contributed by atoms with Crippen LogP contribution < -0.4 is 5.32 Å². The van der Waals surface area contributed by atoms with Gasteiger partial charge in [0.15, 0.2) is 0 Å².